The van der Waals surface area contributed by atoms with Crippen LogP contribution in [0.1, 0.15) is 0 Å². The lowest BCUT2D eigenvalue weighted by Gasteiger charge is -2.16. The van der Waals surface area contributed by atoms with Crippen molar-refractivity contribution in [2.45, 2.75) is 0 Å². The summed E-state index contributed by atoms with van der Waals surface area (Å²) in [6.45, 7) is 0. The van der Waals surface area contributed by atoms with Crippen molar-refractivity contribution in [2.75, 3.05) is 0 Å². The van der Waals surface area contributed by atoms with Crippen LogP contribution in [0.5, 0.6) is 0 Å². The Morgan fingerprint density at radius 1 is 0.146 bits per heavy atom. The first-order chi connectivity index (χ1) is 51.0. The van der Waals surface area contributed by atoms with Crippen LogP contribution in [0, 0.1) is 0 Å². The molecular weight excluding hydrogens is 1250 g/mol. The highest BCUT2D eigenvalue weighted by Crippen LogP contribution is 2.47. The average Bonchev–Trinajstić information content (AvgIpc) is 1.56. The standard InChI is InChI=1S/C96H63N7/c1-10-30-64(31-11-1)76-54-77(65-32-12-2-13-33-65)57-82(56-76)95-99-91(70-42-22-7-23-43-70)97-93(101-95)74-48-28-46-72(52-74)85-60-80(68-38-18-5-19-39-68)62-87-88-63-81(69-40-20-6-21-41-69)61-86(90(88)103(89(85)87)84-50-26-9-27-51-84)73-47-29-49-75(53-73)94-98-92(71-44-24-8-25-45-71)100-96(102-94)83-58-78(66-34-14-3-15-35-66)55-79(59-83)67-36-16-4-17-37-67/h1-63H. The lowest BCUT2D eigenvalue weighted by molar-refractivity contribution is 1.07. The van der Waals surface area contributed by atoms with Gasteiger partial charge in [-0.25, -0.2) is 29.9 Å². The molecule has 3 heterocycles. The van der Waals surface area contributed by atoms with Crippen LogP contribution in [-0.4, -0.2) is 34.5 Å². The predicted octanol–water partition coefficient (Wildman–Crippen LogP) is 24.5. The van der Waals surface area contributed by atoms with Crippen molar-refractivity contribution in [3.63, 3.8) is 0 Å². The topological polar surface area (TPSA) is 82.3 Å². The molecule has 0 bridgehead atoms. The van der Waals surface area contributed by atoms with Gasteiger partial charge >= 0.3 is 0 Å². The fraction of sp³-hybridized carbons (Fsp3) is 0. The van der Waals surface area contributed by atoms with E-state index in [4.69, 9.17) is 29.9 Å². The number of aromatic nitrogens is 7. The molecule has 0 amide bonds. The first-order valence-corrected chi connectivity index (χ1v) is 34.7. The van der Waals surface area contributed by atoms with E-state index >= 15 is 0 Å². The maximum Gasteiger partial charge on any atom is 0.164 e. The Balaban J connectivity index is 0.858. The molecule has 103 heavy (non-hydrogen) atoms. The lowest BCUT2D eigenvalue weighted by atomic mass is 9.92. The number of para-hydroxylation sites is 1. The molecule has 0 aliphatic heterocycles. The molecule has 0 N–H and O–H groups in total. The summed E-state index contributed by atoms with van der Waals surface area (Å²) in [5, 5.41) is 2.19. The van der Waals surface area contributed by atoms with E-state index in [0.29, 0.717) is 34.9 Å². The van der Waals surface area contributed by atoms with E-state index in [1.54, 1.807) is 0 Å². The minimum atomic E-state index is 0.560. The predicted molar refractivity (Wildman–Crippen MR) is 424 cm³/mol. The molecule has 0 saturated carbocycles. The van der Waals surface area contributed by atoms with Gasteiger partial charge < -0.3 is 4.57 Å². The number of hydrogen-bond donors (Lipinski definition) is 0. The van der Waals surface area contributed by atoms with Gasteiger partial charge in [0.25, 0.3) is 0 Å². The van der Waals surface area contributed by atoms with E-state index in [-0.39, 0.29) is 0 Å². The summed E-state index contributed by atoms with van der Waals surface area (Å²) in [4.78, 5) is 32.3. The van der Waals surface area contributed by atoms with E-state index in [1.807, 2.05) is 36.4 Å². The maximum absolute atomic E-state index is 5.47. The third-order valence-electron chi connectivity index (χ3n) is 19.2. The Labute approximate surface area is 597 Å². The van der Waals surface area contributed by atoms with Crippen molar-refractivity contribution in [3.05, 3.63) is 382 Å². The first kappa shape index (κ1) is 61.5. The van der Waals surface area contributed by atoms with Crippen molar-refractivity contribution in [1.82, 2.24) is 34.5 Å². The highest BCUT2D eigenvalue weighted by molar-refractivity contribution is 6.19. The molecule has 0 spiro atoms. The summed E-state index contributed by atoms with van der Waals surface area (Å²) in [5.74, 6) is 3.44. The molecule has 0 aliphatic carbocycles. The molecule has 7 heteroatoms. The molecule has 15 aromatic carbocycles. The highest BCUT2D eigenvalue weighted by atomic mass is 15.0. The first-order valence-electron chi connectivity index (χ1n) is 34.7. The molecule has 3 aromatic heterocycles. The van der Waals surface area contributed by atoms with E-state index in [1.165, 1.54) is 0 Å². The summed E-state index contributed by atoms with van der Waals surface area (Å²) in [5.41, 5.74) is 25.5. The van der Waals surface area contributed by atoms with Crippen LogP contribution in [0.25, 0.3) is 185 Å². The van der Waals surface area contributed by atoms with Crippen LogP contribution in [0.4, 0.5) is 0 Å². The smallest absolute Gasteiger partial charge is 0.164 e. The summed E-state index contributed by atoms with van der Waals surface area (Å²) in [6, 6.07) is 135. The number of benzene rings is 15. The van der Waals surface area contributed by atoms with Gasteiger partial charge in [-0.15, -0.1) is 0 Å². The monoisotopic (exact) mass is 1310 g/mol. The van der Waals surface area contributed by atoms with Crippen molar-refractivity contribution >= 4 is 21.8 Å². The van der Waals surface area contributed by atoms with Gasteiger partial charge in [-0.1, -0.05) is 297 Å². The van der Waals surface area contributed by atoms with Crippen molar-refractivity contribution < 1.29 is 0 Å². The summed E-state index contributed by atoms with van der Waals surface area (Å²) in [6.07, 6.45) is 0. The molecule has 7 nitrogen and oxygen atoms in total. The average molecular weight is 1310 g/mol. The van der Waals surface area contributed by atoms with Crippen molar-refractivity contribution in [2.24, 2.45) is 0 Å². The van der Waals surface area contributed by atoms with Gasteiger partial charge in [0, 0.05) is 61.0 Å². The van der Waals surface area contributed by atoms with Gasteiger partial charge in [0.15, 0.2) is 34.9 Å². The second-order valence-corrected chi connectivity index (χ2v) is 25.8. The van der Waals surface area contributed by atoms with Gasteiger partial charge in [-0.05, 0) is 163 Å². The zero-order valence-corrected chi connectivity index (χ0v) is 56.0. The summed E-state index contributed by atoms with van der Waals surface area (Å²) >= 11 is 0. The lowest BCUT2D eigenvalue weighted by Crippen LogP contribution is -2.01. The number of hydrogen-bond acceptors (Lipinski definition) is 6. The van der Waals surface area contributed by atoms with Crippen molar-refractivity contribution in [1.29, 1.82) is 0 Å². The third-order valence-corrected chi connectivity index (χ3v) is 19.2. The second kappa shape index (κ2) is 27.1. The van der Waals surface area contributed by atoms with Crippen LogP contribution in [0.3, 0.4) is 0 Å². The molecule has 0 unspecified atom stereocenters. The van der Waals surface area contributed by atoms with E-state index < -0.39 is 0 Å². The highest BCUT2D eigenvalue weighted by Gasteiger charge is 2.25. The largest absolute Gasteiger partial charge is 0.308 e. The molecule has 0 atom stereocenters. The number of fused-ring (bicyclic) bond motifs is 3. The second-order valence-electron chi connectivity index (χ2n) is 25.8. The molecular formula is C96H63N7. The normalized spacial score (nSPS) is 11.3. The van der Waals surface area contributed by atoms with Crippen LogP contribution in [0.2, 0.25) is 0 Å². The Morgan fingerprint density at radius 3 is 0.641 bits per heavy atom. The zero-order valence-electron chi connectivity index (χ0n) is 56.0. The molecule has 482 valence electrons. The van der Waals surface area contributed by atoms with Crippen LogP contribution < -0.4 is 0 Å². The fourth-order valence-corrected chi connectivity index (χ4v) is 14.2. The number of rotatable bonds is 15. The van der Waals surface area contributed by atoms with Gasteiger partial charge in [0.05, 0.1) is 11.0 Å². The van der Waals surface area contributed by atoms with Crippen LogP contribution in [0.15, 0.2) is 382 Å². The Hall–Kier alpha value is -13.9. The van der Waals surface area contributed by atoms with E-state index in [2.05, 4.69) is 350 Å². The van der Waals surface area contributed by atoms with Gasteiger partial charge in [-0.3, -0.25) is 0 Å². The van der Waals surface area contributed by atoms with Crippen LogP contribution in [-0.2, 0) is 0 Å². The SMILES string of the molecule is c1ccc(-c2cc(-c3ccccc3)cc(-c3nc(-c4ccccc4)nc(-c4cccc(-c5cc(-c6ccccc6)cc6c7cc(-c8ccccc8)cc(-c8cccc(-c9nc(-c%10ccccc%10)nc(-c%10cc(-c%11ccccc%11)cc(-c%11ccccc%11)c%10)n9)c8)c7n(-c7ccccc7)c56)c4)n3)c2)cc1. The van der Waals surface area contributed by atoms with Crippen molar-refractivity contribution in [3.8, 4) is 163 Å². The third kappa shape index (κ3) is 12.3. The Bertz CT molecular complexity index is 5640. The van der Waals surface area contributed by atoms with Crippen LogP contribution >= 0.6 is 0 Å². The quantitative estimate of drug-likeness (QED) is 0.102. The van der Waals surface area contributed by atoms with Gasteiger partial charge in [0.1, 0.15) is 0 Å². The molecule has 0 fully saturated rings. The zero-order chi connectivity index (χ0) is 68.4. The van der Waals surface area contributed by atoms with Gasteiger partial charge in [-0.2, -0.15) is 0 Å². The summed E-state index contributed by atoms with van der Waals surface area (Å²) < 4.78 is 2.48. The number of nitrogens with zero attached hydrogens (tertiary/aromatic N) is 7. The molecule has 0 radical (unpaired) electrons. The Morgan fingerprint density at radius 2 is 0.350 bits per heavy atom. The molecule has 18 aromatic rings. The van der Waals surface area contributed by atoms with E-state index in [9.17, 15) is 0 Å². The molecule has 18 rings (SSSR count). The summed E-state index contributed by atoms with van der Waals surface area (Å²) in [7, 11) is 0. The molecule has 0 saturated heterocycles. The Kier molecular flexibility index (Phi) is 16.2. The van der Waals surface area contributed by atoms with E-state index in [0.717, 1.165) is 150 Å². The molecule has 0 aliphatic rings. The fourth-order valence-electron chi connectivity index (χ4n) is 14.2. The maximum atomic E-state index is 5.47. The minimum Gasteiger partial charge on any atom is -0.308 e. The minimum absolute atomic E-state index is 0.560. The van der Waals surface area contributed by atoms with Gasteiger partial charge in [0.2, 0.25) is 0 Å².